The zero-order valence-electron chi connectivity index (χ0n) is 13.5. The molecule has 2 N–H and O–H groups in total. The molecule has 26 heavy (non-hydrogen) atoms. The molecule has 0 aliphatic carbocycles. The predicted molar refractivity (Wildman–Crippen MR) is 95.6 cm³/mol. The third kappa shape index (κ3) is 3.04. The summed E-state index contributed by atoms with van der Waals surface area (Å²) in [5.74, 6) is 1.01. The second-order valence-corrected chi connectivity index (χ2v) is 6.07. The van der Waals surface area contributed by atoms with Crippen molar-refractivity contribution in [3.05, 3.63) is 57.2 Å². The van der Waals surface area contributed by atoms with Crippen LogP contribution >= 0.6 is 12.2 Å². The molecule has 0 fully saturated rings. The maximum atomic E-state index is 12.5. The highest BCUT2D eigenvalue weighted by Gasteiger charge is 2.14. The molecule has 3 heterocycles. The number of carbonyl (C=O) groups excluding carboxylic acids is 1. The van der Waals surface area contributed by atoms with E-state index < -0.39 is 0 Å². The van der Waals surface area contributed by atoms with E-state index in [0.717, 1.165) is 5.56 Å². The largest absolute Gasteiger partial charge is 0.454 e. The van der Waals surface area contributed by atoms with Crippen LogP contribution < -0.4 is 20.3 Å². The van der Waals surface area contributed by atoms with Gasteiger partial charge in [-0.05, 0) is 42.0 Å². The van der Waals surface area contributed by atoms with Gasteiger partial charge in [0.05, 0.1) is 5.39 Å². The first-order valence-electron chi connectivity index (χ1n) is 7.85. The van der Waals surface area contributed by atoms with Gasteiger partial charge in [0.1, 0.15) is 12.2 Å². The van der Waals surface area contributed by atoms with E-state index in [1.165, 1.54) is 4.57 Å². The van der Waals surface area contributed by atoms with Crippen LogP contribution in [0.1, 0.15) is 5.56 Å². The van der Waals surface area contributed by atoms with Crippen molar-refractivity contribution in [3.8, 4) is 11.5 Å². The zero-order valence-corrected chi connectivity index (χ0v) is 14.3. The normalized spacial score (nSPS) is 12.3. The van der Waals surface area contributed by atoms with Crippen LogP contribution in [0.4, 0.5) is 0 Å². The smallest absolute Gasteiger partial charge is 0.264 e. The maximum absolute atomic E-state index is 12.5. The summed E-state index contributed by atoms with van der Waals surface area (Å²) in [7, 11) is 0. The summed E-state index contributed by atoms with van der Waals surface area (Å²) in [5.41, 5.74) is 0.914. The number of H-pyrrole nitrogens is 1. The van der Waals surface area contributed by atoms with E-state index in [9.17, 15) is 9.59 Å². The highest BCUT2D eigenvalue weighted by atomic mass is 32.1. The van der Waals surface area contributed by atoms with Crippen LogP contribution in [0.25, 0.3) is 11.0 Å². The number of fused-ring (bicyclic) bond motifs is 2. The fourth-order valence-electron chi connectivity index (χ4n) is 2.68. The molecule has 1 aromatic carbocycles. The first-order valence-corrected chi connectivity index (χ1v) is 8.26. The van der Waals surface area contributed by atoms with Crippen LogP contribution in [0.3, 0.4) is 0 Å². The van der Waals surface area contributed by atoms with Gasteiger partial charge in [-0.3, -0.25) is 14.2 Å². The Labute approximate surface area is 152 Å². The summed E-state index contributed by atoms with van der Waals surface area (Å²) in [6.07, 6.45) is 1.56. The van der Waals surface area contributed by atoms with Gasteiger partial charge in [0.15, 0.2) is 16.3 Å². The van der Waals surface area contributed by atoms with Gasteiger partial charge in [-0.2, -0.15) is 0 Å². The maximum Gasteiger partial charge on any atom is 0.264 e. The molecule has 8 nitrogen and oxygen atoms in total. The molecular weight excluding hydrogens is 356 g/mol. The van der Waals surface area contributed by atoms with Crippen molar-refractivity contribution in [1.29, 1.82) is 0 Å². The Morgan fingerprint density at radius 1 is 1.31 bits per heavy atom. The standard InChI is InChI=1S/C17H14N4O4S/c22-14(19-7-10-3-4-12-13(6-10)25-9-24-12)8-21-16(23)11-2-1-5-18-15(11)20-17(21)26/h1-6H,7-9H2,(H,19,22)(H,18,20,26). The van der Waals surface area contributed by atoms with E-state index in [0.29, 0.717) is 29.1 Å². The number of pyridine rings is 1. The van der Waals surface area contributed by atoms with Crippen molar-refractivity contribution in [1.82, 2.24) is 19.9 Å². The van der Waals surface area contributed by atoms with E-state index in [-0.39, 0.29) is 29.6 Å². The van der Waals surface area contributed by atoms with Crippen molar-refractivity contribution >= 4 is 29.2 Å². The number of ether oxygens (including phenoxy) is 2. The molecule has 0 saturated carbocycles. The minimum absolute atomic E-state index is 0.152. The molecule has 1 amide bonds. The lowest BCUT2D eigenvalue weighted by molar-refractivity contribution is -0.121. The lowest BCUT2D eigenvalue weighted by Crippen LogP contribution is -2.33. The number of aromatic nitrogens is 3. The Balaban J connectivity index is 1.49. The molecule has 0 bridgehead atoms. The van der Waals surface area contributed by atoms with Crippen LogP contribution in [0.5, 0.6) is 11.5 Å². The fraction of sp³-hybridized carbons (Fsp3) is 0.176. The van der Waals surface area contributed by atoms with Crippen molar-refractivity contribution in [3.63, 3.8) is 0 Å². The summed E-state index contributed by atoms with van der Waals surface area (Å²) in [5, 5.41) is 3.15. The van der Waals surface area contributed by atoms with Gasteiger partial charge >= 0.3 is 0 Å². The van der Waals surface area contributed by atoms with Crippen LogP contribution in [0, 0.1) is 4.77 Å². The summed E-state index contributed by atoms with van der Waals surface area (Å²) >= 11 is 5.17. The number of nitrogens with one attached hydrogen (secondary N) is 2. The summed E-state index contributed by atoms with van der Waals surface area (Å²) in [6, 6.07) is 8.74. The summed E-state index contributed by atoms with van der Waals surface area (Å²) in [6.45, 7) is 0.322. The van der Waals surface area contributed by atoms with Crippen LogP contribution in [0.2, 0.25) is 0 Å². The molecule has 132 valence electrons. The highest BCUT2D eigenvalue weighted by molar-refractivity contribution is 7.71. The number of hydrogen-bond acceptors (Lipinski definition) is 6. The van der Waals surface area contributed by atoms with Gasteiger partial charge in [-0.15, -0.1) is 0 Å². The van der Waals surface area contributed by atoms with Gasteiger partial charge in [-0.25, -0.2) is 4.98 Å². The second-order valence-electron chi connectivity index (χ2n) is 5.69. The molecule has 0 atom stereocenters. The van der Waals surface area contributed by atoms with E-state index in [2.05, 4.69) is 15.3 Å². The number of aromatic amines is 1. The molecule has 0 unspecified atom stereocenters. The Bertz CT molecular complexity index is 1120. The van der Waals surface area contributed by atoms with Crippen molar-refractivity contribution in [2.24, 2.45) is 0 Å². The van der Waals surface area contributed by atoms with Gasteiger partial charge in [0, 0.05) is 12.7 Å². The molecule has 0 radical (unpaired) electrons. The van der Waals surface area contributed by atoms with Crippen molar-refractivity contribution in [2.75, 3.05) is 6.79 Å². The third-order valence-electron chi connectivity index (χ3n) is 3.98. The van der Waals surface area contributed by atoms with Crippen LogP contribution in [0.15, 0.2) is 41.3 Å². The molecule has 2 aromatic heterocycles. The monoisotopic (exact) mass is 370 g/mol. The van der Waals surface area contributed by atoms with Gasteiger partial charge in [0.2, 0.25) is 12.7 Å². The average Bonchev–Trinajstić information content (AvgIpc) is 3.11. The van der Waals surface area contributed by atoms with Crippen LogP contribution in [-0.4, -0.2) is 27.2 Å². The molecule has 1 aliphatic rings. The minimum atomic E-state index is -0.352. The number of rotatable bonds is 4. The molecule has 9 heteroatoms. The quantitative estimate of drug-likeness (QED) is 0.676. The Hall–Kier alpha value is -3.20. The lowest BCUT2D eigenvalue weighted by Gasteiger charge is -2.09. The highest BCUT2D eigenvalue weighted by Crippen LogP contribution is 2.32. The SMILES string of the molecule is O=C(Cn1c(=S)[nH]c2ncccc2c1=O)NCc1ccc2c(c1)OCO2. The third-order valence-corrected chi connectivity index (χ3v) is 4.30. The Morgan fingerprint density at radius 3 is 3.04 bits per heavy atom. The molecule has 4 rings (SSSR count). The van der Waals surface area contributed by atoms with E-state index >= 15 is 0 Å². The molecular formula is C17H14N4O4S. The Morgan fingerprint density at radius 2 is 2.15 bits per heavy atom. The fourth-order valence-corrected chi connectivity index (χ4v) is 2.92. The first kappa shape index (κ1) is 16.3. The van der Waals surface area contributed by atoms with E-state index in [1.807, 2.05) is 12.1 Å². The first-order chi connectivity index (χ1) is 12.6. The number of nitrogens with zero attached hydrogens (tertiary/aromatic N) is 2. The van der Waals surface area contributed by atoms with Crippen molar-refractivity contribution < 1.29 is 14.3 Å². The van der Waals surface area contributed by atoms with Gasteiger partial charge in [-0.1, -0.05) is 6.07 Å². The number of hydrogen-bond donors (Lipinski definition) is 2. The molecule has 1 aliphatic heterocycles. The van der Waals surface area contributed by atoms with Crippen molar-refractivity contribution in [2.45, 2.75) is 13.1 Å². The average molecular weight is 370 g/mol. The topological polar surface area (TPSA) is 98.2 Å². The Kier molecular flexibility index (Phi) is 4.13. The summed E-state index contributed by atoms with van der Waals surface area (Å²) in [4.78, 5) is 31.7. The number of carbonyl (C=O) groups is 1. The molecule has 3 aromatic rings. The number of amides is 1. The van der Waals surface area contributed by atoms with Gasteiger partial charge < -0.3 is 19.8 Å². The lowest BCUT2D eigenvalue weighted by atomic mass is 10.2. The minimum Gasteiger partial charge on any atom is -0.454 e. The van der Waals surface area contributed by atoms with E-state index in [4.69, 9.17) is 21.7 Å². The zero-order chi connectivity index (χ0) is 18.1. The van der Waals surface area contributed by atoms with Crippen LogP contribution in [-0.2, 0) is 17.9 Å². The molecule has 0 spiro atoms. The predicted octanol–water partition coefficient (Wildman–Crippen LogP) is 1.50. The second kappa shape index (κ2) is 6.60. The number of benzene rings is 1. The van der Waals surface area contributed by atoms with E-state index in [1.54, 1.807) is 24.4 Å². The summed E-state index contributed by atoms with van der Waals surface area (Å²) < 4.78 is 11.9. The van der Waals surface area contributed by atoms with Gasteiger partial charge in [0.25, 0.3) is 5.56 Å². The molecule has 0 saturated heterocycles.